The number of carbonyl (C=O) groups excluding carboxylic acids is 1. The van der Waals surface area contributed by atoms with Gasteiger partial charge in [0.1, 0.15) is 13.1 Å². The van der Waals surface area contributed by atoms with E-state index in [9.17, 15) is 9.90 Å². The fourth-order valence-electron chi connectivity index (χ4n) is 2.91. The Morgan fingerprint density at radius 3 is 2.82 bits per heavy atom. The van der Waals surface area contributed by atoms with Crippen LogP contribution in [0.3, 0.4) is 0 Å². The zero-order valence-corrected chi connectivity index (χ0v) is 15.8. The number of benzene rings is 2. The van der Waals surface area contributed by atoms with E-state index < -0.39 is 0 Å². The van der Waals surface area contributed by atoms with E-state index in [4.69, 9.17) is 0 Å². The van der Waals surface area contributed by atoms with E-state index in [0.29, 0.717) is 16.6 Å². The molecule has 0 saturated carbocycles. The molecule has 2 heterocycles. The smallest absolute Gasteiger partial charge is 0.286 e. The van der Waals surface area contributed by atoms with Crippen molar-refractivity contribution in [3.8, 4) is 0 Å². The fourth-order valence-corrected chi connectivity index (χ4v) is 3.84. The summed E-state index contributed by atoms with van der Waals surface area (Å²) in [6, 6.07) is 15.8. The molecule has 28 heavy (non-hydrogen) atoms. The predicted octanol–water partition coefficient (Wildman–Crippen LogP) is 3.09. The van der Waals surface area contributed by atoms with Crippen molar-refractivity contribution in [2.75, 3.05) is 13.3 Å². The molecule has 3 aromatic rings. The van der Waals surface area contributed by atoms with Crippen LogP contribution in [-0.2, 0) is 11.2 Å². The highest BCUT2D eigenvalue weighted by Crippen LogP contribution is 2.30. The summed E-state index contributed by atoms with van der Waals surface area (Å²) in [4.78, 5) is 26.9. The summed E-state index contributed by atoms with van der Waals surface area (Å²) in [6.45, 7) is 0.396. The maximum Gasteiger partial charge on any atom is 0.286 e. The van der Waals surface area contributed by atoms with E-state index in [1.54, 1.807) is 11.1 Å². The standard InChI is InChI=1S/C21H18N4O2S/c26-14-25(9-8-15-4-2-1-3-5-15)21-24-20(27)19(28-21)11-16-6-7-18-17(10-16)12-22-13-23-18/h1-7,10-13,26H,8-9,14H2/b19-11-. The Kier molecular flexibility index (Phi) is 5.45. The van der Waals surface area contributed by atoms with Crippen LogP contribution < -0.4 is 0 Å². The highest BCUT2D eigenvalue weighted by molar-refractivity contribution is 8.18. The summed E-state index contributed by atoms with van der Waals surface area (Å²) in [7, 11) is 0. The molecule has 140 valence electrons. The number of aliphatic imine (C=N–C) groups is 1. The first kappa shape index (κ1) is 18.3. The molecular weight excluding hydrogens is 372 g/mol. The second kappa shape index (κ2) is 8.33. The van der Waals surface area contributed by atoms with Gasteiger partial charge in [-0.1, -0.05) is 36.4 Å². The first-order chi connectivity index (χ1) is 13.7. The molecule has 1 N–H and O–H groups in total. The molecule has 0 atom stereocenters. The molecule has 0 bridgehead atoms. The molecule has 4 rings (SSSR count). The predicted molar refractivity (Wildman–Crippen MR) is 111 cm³/mol. The van der Waals surface area contributed by atoms with Gasteiger partial charge in [-0.2, -0.15) is 4.99 Å². The fraction of sp³-hybridized carbons (Fsp3) is 0.143. The number of fused-ring (bicyclic) bond motifs is 1. The third-order valence-corrected chi connectivity index (χ3v) is 5.43. The van der Waals surface area contributed by atoms with E-state index in [-0.39, 0.29) is 12.6 Å². The van der Waals surface area contributed by atoms with Gasteiger partial charge in [0.05, 0.1) is 10.4 Å². The molecule has 0 radical (unpaired) electrons. The van der Waals surface area contributed by atoms with Crippen LogP contribution in [0.1, 0.15) is 11.1 Å². The minimum absolute atomic E-state index is 0.188. The number of rotatable bonds is 5. The number of nitrogens with zero attached hydrogens (tertiary/aromatic N) is 4. The lowest BCUT2D eigenvalue weighted by Crippen LogP contribution is -2.31. The van der Waals surface area contributed by atoms with Crippen LogP contribution in [0, 0.1) is 0 Å². The quantitative estimate of drug-likeness (QED) is 0.533. The zero-order chi connectivity index (χ0) is 19.3. The number of thioether (sulfide) groups is 1. The Morgan fingerprint density at radius 1 is 1.14 bits per heavy atom. The maximum atomic E-state index is 12.3. The Hall–Kier alpha value is -3.03. The number of amides is 1. The Morgan fingerprint density at radius 2 is 2.00 bits per heavy atom. The molecule has 0 unspecified atom stereocenters. The van der Waals surface area contributed by atoms with Crippen molar-refractivity contribution in [2.24, 2.45) is 4.99 Å². The molecule has 0 spiro atoms. The third kappa shape index (κ3) is 4.11. The Bertz CT molecular complexity index is 1070. The third-order valence-electron chi connectivity index (χ3n) is 4.39. The summed E-state index contributed by atoms with van der Waals surface area (Å²) >= 11 is 1.28. The van der Waals surface area contributed by atoms with Crippen LogP contribution in [0.5, 0.6) is 0 Å². The topological polar surface area (TPSA) is 78.7 Å². The molecule has 1 amide bonds. The van der Waals surface area contributed by atoms with Gasteiger partial charge in [0, 0.05) is 18.1 Å². The summed E-state index contributed by atoms with van der Waals surface area (Å²) in [5.74, 6) is -0.289. The van der Waals surface area contributed by atoms with Crippen molar-refractivity contribution >= 4 is 39.8 Å². The first-order valence-electron chi connectivity index (χ1n) is 8.85. The van der Waals surface area contributed by atoms with Crippen molar-refractivity contribution in [1.29, 1.82) is 0 Å². The van der Waals surface area contributed by atoms with Gasteiger partial charge in [-0.05, 0) is 47.5 Å². The molecule has 1 aromatic heterocycles. The van der Waals surface area contributed by atoms with Crippen LogP contribution in [0.15, 0.2) is 71.0 Å². The van der Waals surface area contributed by atoms with Gasteiger partial charge in [0.15, 0.2) is 5.17 Å². The maximum absolute atomic E-state index is 12.3. The van der Waals surface area contributed by atoms with Gasteiger partial charge in [0.25, 0.3) is 5.91 Å². The van der Waals surface area contributed by atoms with Crippen LogP contribution in [0.2, 0.25) is 0 Å². The summed E-state index contributed by atoms with van der Waals surface area (Å²) in [5, 5.41) is 11.2. The zero-order valence-electron chi connectivity index (χ0n) is 15.0. The van der Waals surface area contributed by atoms with Gasteiger partial charge >= 0.3 is 0 Å². The van der Waals surface area contributed by atoms with Gasteiger partial charge in [-0.15, -0.1) is 0 Å². The SMILES string of the molecule is O=C1N=C(N(CO)CCc2ccccc2)S/C1=C\c1ccc2ncncc2c1. The monoisotopic (exact) mass is 390 g/mol. The lowest BCUT2D eigenvalue weighted by atomic mass is 10.1. The second-order valence-corrected chi connectivity index (χ2v) is 7.30. The lowest BCUT2D eigenvalue weighted by molar-refractivity contribution is -0.113. The molecular formula is C21H18N4O2S. The van der Waals surface area contributed by atoms with Crippen LogP contribution >= 0.6 is 11.8 Å². The van der Waals surface area contributed by atoms with Crippen LogP contribution in [-0.4, -0.2) is 44.3 Å². The van der Waals surface area contributed by atoms with Crippen molar-refractivity contribution in [2.45, 2.75) is 6.42 Å². The van der Waals surface area contributed by atoms with Gasteiger partial charge in [0.2, 0.25) is 0 Å². The lowest BCUT2D eigenvalue weighted by Gasteiger charge is -2.20. The van der Waals surface area contributed by atoms with Crippen molar-refractivity contribution in [3.63, 3.8) is 0 Å². The minimum atomic E-state index is -0.289. The highest BCUT2D eigenvalue weighted by Gasteiger charge is 2.25. The normalized spacial score (nSPS) is 15.2. The highest BCUT2D eigenvalue weighted by atomic mass is 32.2. The van der Waals surface area contributed by atoms with Crippen molar-refractivity contribution in [3.05, 3.63) is 77.1 Å². The number of aliphatic hydroxyl groups excluding tert-OH is 1. The minimum Gasteiger partial charge on any atom is -0.376 e. The average Bonchev–Trinajstić information content (AvgIpc) is 3.09. The summed E-state index contributed by atoms with van der Waals surface area (Å²) in [5.41, 5.74) is 2.91. The molecule has 2 aromatic carbocycles. The van der Waals surface area contributed by atoms with Crippen LogP contribution in [0.4, 0.5) is 0 Å². The van der Waals surface area contributed by atoms with E-state index >= 15 is 0 Å². The summed E-state index contributed by atoms with van der Waals surface area (Å²) in [6.07, 6.45) is 5.82. The molecule has 0 saturated heterocycles. The molecule has 6 nitrogen and oxygen atoms in total. The number of aromatic nitrogens is 2. The molecule has 1 aliphatic rings. The molecule has 0 aliphatic carbocycles. The van der Waals surface area contributed by atoms with Crippen LogP contribution in [0.25, 0.3) is 17.0 Å². The van der Waals surface area contributed by atoms with Gasteiger partial charge in [-0.3, -0.25) is 4.79 Å². The number of aliphatic hydroxyl groups is 1. The Labute approximate surface area is 166 Å². The molecule has 7 heteroatoms. The first-order valence-corrected chi connectivity index (χ1v) is 9.66. The molecule has 0 fully saturated rings. The number of hydrogen-bond acceptors (Lipinski definition) is 6. The van der Waals surface area contributed by atoms with E-state index in [1.165, 1.54) is 23.7 Å². The van der Waals surface area contributed by atoms with Gasteiger partial charge in [-0.25, -0.2) is 9.97 Å². The second-order valence-electron chi connectivity index (χ2n) is 6.29. The van der Waals surface area contributed by atoms with E-state index in [0.717, 1.165) is 22.9 Å². The largest absolute Gasteiger partial charge is 0.376 e. The van der Waals surface area contributed by atoms with Gasteiger partial charge < -0.3 is 10.0 Å². The van der Waals surface area contributed by atoms with E-state index in [1.807, 2.05) is 54.6 Å². The number of amidine groups is 1. The average molecular weight is 390 g/mol. The number of carbonyl (C=O) groups is 1. The van der Waals surface area contributed by atoms with Crippen molar-refractivity contribution in [1.82, 2.24) is 14.9 Å². The Balaban J connectivity index is 1.48. The van der Waals surface area contributed by atoms with Crippen molar-refractivity contribution < 1.29 is 9.90 Å². The molecule has 1 aliphatic heterocycles. The number of hydrogen-bond donors (Lipinski definition) is 1. The van der Waals surface area contributed by atoms with E-state index in [2.05, 4.69) is 15.0 Å². The summed E-state index contributed by atoms with van der Waals surface area (Å²) < 4.78 is 0.